The van der Waals surface area contributed by atoms with E-state index in [4.69, 9.17) is 18.9 Å². The van der Waals surface area contributed by atoms with Crippen molar-refractivity contribution in [3.8, 4) is 0 Å². The molecule has 6 amide bonds. The molecule has 46 heavy (non-hydrogen) atoms. The topological polar surface area (TPSA) is 247 Å². The molecule has 19 heteroatoms. The van der Waals surface area contributed by atoms with Crippen LogP contribution in [0.5, 0.6) is 0 Å². The van der Waals surface area contributed by atoms with Gasteiger partial charge >= 0.3 is 18.1 Å². The van der Waals surface area contributed by atoms with Crippen molar-refractivity contribution in [1.29, 1.82) is 0 Å². The summed E-state index contributed by atoms with van der Waals surface area (Å²) in [4.78, 5) is 44.2. The summed E-state index contributed by atoms with van der Waals surface area (Å²) in [6, 6.07) is -4.13. The number of nitrogens with one attached hydrogen (secondary N) is 2. The van der Waals surface area contributed by atoms with Gasteiger partial charge in [0.05, 0.1) is 24.2 Å². The molecule has 0 aliphatic carbocycles. The van der Waals surface area contributed by atoms with Gasteiger partial charge in [0, 0.05) is 54.1 Å². The number of carbonyl (C=O) groups excluding carboxylic acids is 3. The first kappa shape index (κ1) is 37.9. The maximum Gasteiger partial charge on any atom is 0.327 e. The Morgan fingerprint density at radius 1 is 0.565 bits per heavy atom. The molecule has 8 N–H and O–H groups in total. The molecule has 3 aliphatic heterocycles. The lowest BCUT2D eigenvalue weighted by atomic mass is 9.99. The van der Waals surface area contributed by atoms with Crippen LogP contribution in [-0.2, 0) is 18.9 Å². The highest BCUT2D eigenvalue weighted by atomic mass is 16.6. The molecule has 0 saturated carbocycles. The summed E-state index contributed by atoms with van der Waals surface area (Å²) < 4.78 is 19.6. The fourth-order valence-corrected chi connectivity index (χ4v) is 6.06. The van der Waals surface area contributed by atoms with Gasteiger partial charge in [0.1, 0.15) is 13.3 Å². The molecular weight excluding hydrogens is 616 g/mol. The Kier molecular flexibility index (Phi) is 14.4. The number of rotatable bonds is 20. The van der Waals surface area contributed by atoms with Crippen LogP contribution in [0.3, 0.4) is 0 Å². The Morgan fingerprint density at radius 3 is 1.17 bits per heavy atom. The Hall–Kier alpha value is -2.59. The minimum atomic E-state index is -1.76. The van der Waals surface area contributed by atoms with E-state index in [1.165, 1.54) is 38.2 Å². The zero-order valence-electron chi connectivity index (χ0n) is 26.7. The van der Waals surface area contributed by atoms with Crippen LogP contribution in [0, 0.1) is 0 Å². The van der Waals surface area contributed by atoms with Crippen molar-refractivity contribution in [1.82, 2.24) is 30.2 Å². The Balaban J connectivity index is 1.76. The van der Waals surface area contributed by atoms with Gasteiger partial charge in [-0.3, -0.25) is 9.80 Å². The number of hydrogen-bond acceptors (Lipinski definition) is 13. The lowest BCUT2D eigenvalue weighted by Gasteiger charge is -2.32. The molecule has 266 valence electrons. The molecule has 3 aliphatic rings. The predicted molar refractivity (Wildman–Crippen MR) is 156 cm³/mol. The molecule has 0 aromatic carbocycles. The van der Waals surface area contributed by atoms with Crippen LogP contribution in [0.25, 0.3) is 0 Å². The smallest absolute Gasteiger partial charge is 0.327 e. The Labute approximate surface area is 267 Å². The summed E-state index contributed by atoms with van der Waals surface area (Å²) in [5.41, 5.74) is 0. The van der Waals surface area contributed by atoms with Gasteiger partial charge in [-0.05, 0) is 25.7 Å². The van der Waals surface area contributed by atoms with Crippen molar-refractivity contribution < 1.29 is 64.0 Å². The molecule has 0 radical (unpaired) electrons. The fraction of sp³-hybridized carbons (Fsp3) is 0.889. The zero-order chi connectivity index (χ0) is 34.1. The summed E-state index contributed by atoms with van der Waals surface area (Å²) in [5.74, 6) is 0. The number of aliphatic hydroxyl groups excluding tert-OH is 6. The second-order valence-corrected chi connectivity index (χ2v) is 11.6. The van der Waals surface area contributed by atoms with Crippen molar-refractivity contribution in [2.45, 2.75) is 113 Å². The molecule has 0 bridgehead atoms. The van der Waals surface area contributed by atoms with Crippen molar-refractivity contribution in [3.05, 3.63) is 0 Å². The lowest BCUT2D eigenvalue weighted by molar-refractivity contribution is -0.0907. The normalized spacial score (nSPS) is 29.4. The second kappa shape index (κ2) is 17.5. The van der Waals surface area contributed by atoms with E-state index in [2.05, 4.69) is 10.6 Å². The molecular formula is C27H50N6O13. The summed E-state index contributed by atoms with van der Waals surface area (Å²) in [7, 11) is 5.35. The summed E-state index contributed by atoms with van der Waals surface area (Å²) in [6.07, 6.45) is -6.06. The largest absolute Gasteiger partial charge is 0.369 e. The van der Waals surface area contributed by atoms with E-state index in [0.29, 0.717) is 12.8 Å². The molecule has 3 heterocycles. The van der Waals surface area contributed by atoms with Gasteiger partial charge < -0.3 is 70.0 Å². The standard InChI is InChI=1S/C27H50N6O13/c1-43-19(34)9-5-15-17(7-11-21(36)45-3)30(25(40)28-15)13-32-23(38)24(39)33(27(32)42)14-31-18(8-12-22(37)46-4)16(29-26(31)41)6-10-20(35)44-2/h15-24,34-39H,5-14H2,1-4H3,(H,28,40)(H,29,41). The number of hydrogen-bond donors (Lipinski definition) is 8. The highest BCUT2D eigenvalue weighted by Crippen LogP contribution is 2.30. The van der Waals surface area contributed by atoms with E-state index in [0.717, 1.165) is 9.80 Å². The number of amides is 6. The molecule has 3 saturated heterocycles. The first-order valence-electron chi connectivity index (χ1n) is 15.3. The summed E-state index contributed by atoms with van der Waals surface area (Å²) in [6.45, 7) is -0.854. The maximum atomic E-state index is 13.6. The van der Waals surface area contributed by atoms with E-state index in [1.807, 2.05) is 0 Å². The van der Waals surface area contributed by atoms with Crippen LogP contribution in [0.15, 0.2) is 0 Å². The highest BCUT2D eigenvalue weighted by molar-refractivity contribution is 5.82. The molecule has 0 aromatic rings. The Bertz CT molecular complexity index is 926. The Morgan fingerprint density at radius 2 is 0.870 bits per heavy atom. The summed E-state index contributed by atoms with van der Waals surface area (Å²) in [5, 5.41) is 67.2. The first-order valence-corrected chi connectivity index (χ1v) is 15.3. The molecule has 3 rings (SSSR count). The van der Waals surface area contributed by atoms with Crippen LogP contribution in [0.4, 0.5) is 14.4 Å². The van der Waals surface area contributed by atoms with Gasteiger partial charge in [-0.25, -0.2) is 14.4 Å². The van der Waals surface area contributed by atoms with Crippen LogP contribution >= 0.6 is 0 Å². The predicted octanol–water partition coefficient (Wildman–Crippen LogP) is -2.22. The van der Waals surface area contributed by atoms with E-state index in [1.54, 1.807) is 0 Å². The highest BCUT2D eigenvalue weighted by Gasteiger charge is 2.50. The average Bonchev–Trinajstić information content (AvgIpc) is 3.59. The molecule has 0 aromatic heterocycles. The van der Waals surface area contributed by atoms with Crippen LogP contribution < -0.4 is 10.6 Å². The van der Waals surface area contributed by atoms with Crippen LogP contribution in [0.2, 0.25) is 0 Å². The summed E-state index contributed by atoms with van der Waals surface area (Å²) >= 11 is 0. The van der Waals surface area contributed by atoms with Gasteiger partial charge in [0.25, 0.3) is 0 Å². The molecule has 10 unspecified atom stereocenters. The quantitative estimate of drug-likeness (QED) is 0.0643. The second-order valence-electron chi connectivity index (χ2n) is 11.6. The number of aliphatic hydroxyl groups is 6. The number of urea groups is 3. The van der Waals surface area contributed by atoms with Crippen LogP contribution in [-0.4, -0.2) is 172 Å². The average molecular weight is 667 g/mol. The third kappa shape index (κ3) is 9.27. The van der Waals surface area contributed by atoms with Crippen molar-refractivity contribution >= 4 is 18.1 Å². The van der Waals surface area contributed by atoms with Crippen LogP contribution in [0.1, 0.15) is 51.4 Å². The third-order valence-corrected chi connectivity index (χ3v) is 8.83. The first-order chi connectivity index (χ1) is 21.9. The zero-order valence-corrected chi connectivity index (χ0v) is 26.7. The number of carbonyl (C=O) groups is 3. The minimum Gasteiger partial charge on any atom is -0.369 e. The van der Waals surface area contributed by atoms with E-state index in [9.17, 15) is 45.0 Å². The molecule has 19 nitrogen and oxygen atoms in total. The third-order valence-electron chi connectivity index (χ3n) is 8.83. The van der Waals surface area contributed by atoms with Gasteiger partial charge in [0.2, 0.25) is 0 Å². The maximum absolute atomic E-state index is 13.6. The fourth-order valence-electron chi connectivity index (χ4n) is 6.06. The van der Waals surface area contributed by atoms with Crippen molar-refractivity contribution in [2.24, 2.45) is 0 Å². The monoisotopic (exact) mass is 666 g/mol. The molecule has 10 atom stereocenters. The van der Waals surface area contributed by atoms with Gasteiger partial charge in [-0.2, -0.15) is 0 Å². The SMILES string of the molecule is COC(O)CCC1NC(=O)N(CN2C(=O)N(CN3C(=O)NC(CCC(O)OC)C3CCC(O)OC)C(O)C2O)C1CCC(O)OC. The van der Waals surface area contributed by atoms with Gasteiger partial charge in [0.15, 0.2) is 37.6 Å². The number of nitrogens with zero attached hydrogens (tertiary/aromatic N) is 4. The van der Waals surface area contributed by atoms with Crippen molar-refractivity contribution in [3.63, 3.8) is 0 Å². The minimum absolute atomic E-state index is 0.146. The van der Waals surface area contributed by atoms with E-state index >= 15 is 0 Å². The van der Waals surface area contributed by atoms with E-state index in [-0.39, 0.29) is 38.5 Å². The molecule has 3 fully saturated rings. The van der Waals surface area contributed by atoms with Crippen molar-refractivity contribution in [2.75, 3.05) is 41.8 Å². The molecule has 0 spiro atoms. The van der Waals surface area contributed by atoms with Gasteiger partial charge in [-0.1, -0.05) is 0 Å². The number of ether oxygens (including phenoxy) is 4. The van der Waals surface area contributed by atoms with E-state index < -0.39 is 93.2 Å². The lowest BCUT2D eigenvalue weighted by Crippen LogP contribution is -2.50. The van der Waals surface area contributed by atoms with Gasteiger partial charge in [-0.15, -0.1) is 0 Å². The number of methoxy groups -OCH3 is 4.